The first-order valence-corrected chi connectivity index (χ1v) is 40.3. The van der Waals surface area contributed by atoms with Crippen LogP contribution in [0.25, 0.3) is 205 Å². The summed E-state index contributed by atoms with van der Waals surface area (Å²) < 4.78 is 11.5. The van der Waals surface area contributed by atoms with E-state index >= 15 is 0 Å². The van der Waals surface area contributed by atoms with Crippen LogP contribution in [0.3, 0.4) is 0 Å². The maximum absolute atomic E-state index is 5.32. The maximum atomic E-state index is 5.32. The minimum Gasteiger partial charge on any atom is -0.309 e. The van der Waals surface area contributed by atoms with Crippen LogP contribution in [0.1, 0.15) is 0 Å². The third-order valence-corrected chi connectivity index (χ3v) is 23.2. The minimum atomic E-state index is 0.725. The van der Waals surface area contributed by atoms with Gasteiger partial charge < -0.3 is 13.7 Å². The Hall–Kier alpha value is -16.1. The zero-order chi connectivity index (χ0) is 78.7. The molecule has 558 valence electrons. The van der Waals surface area contributed by atoms with Crippen molar-refractivity contribution in [2.24, 2.45) is 0 Å². The average molecular weight is 1520 g/mol. The molecule has 0 fully saturated rings. The molecule has 9 nitrogen and oxygen atoms in total. The summed E-state index contributed by atoms with van der Waals surface area (Å²) in [6, 6.07) is 152. The fraction of sp³-hybridized carbons (Fsp3) is 0. The molecule has 8 heterocycles. The van der Waals surface area contributed by atoms with Crippen LogP contribution < -0.4 is 0 Å². The SMILES string of the molecule is c1cc(-c2ccc(-n3c4ccccc4c4ccccc43)cc2)nc(-n2c3ccccc3c3ccccc32)c1.c1ccc(-c2cc(-c3ccc(-n4c5ccccc5c5ccccc54)cc3)nc(-n3c4ccccc4c4ccccc43)c2)cc1.c1ccc(-c2ccc3c(c2)c2cc(-c4ccccc4)ccc2n3-c2cnc(-c3ccccc3)nc2)cc1. The monoisotopic (exact) mass is 1520 g/mol. The molecule has 16 aromatic carbocycles. The lowest BCUT2D eigenvalue weighted by atomic mass is 10.0. The molecule has 0 aliphatic carbocycles. The number of hydrogen-bond donors (Lipinski definition) is 0. The van der Waals surface area contributed by atoms with E-state index in [-0.39, 0.29) is 0 Å². The minimum absolute atomic E-state index is 0.725. The first-order valence-electron chi connectivity index (χ1n) is 40.3. The molecule has 24 aromatic rings. The predicted octanol–water partition coefficient (Wildman–Crippen LogP) is 28.1. The highest BCUT2D eigenvalue weighted by molar-refractivity contribution is 6.14. The molecule has 0 saturated heterocycles. The highest BCUT2D eigenvalue weighted by Gasteiger charge is 2.21. The van der Waals surface area contributed by atoms with E-state index < -0.39 is 0 Å². The van der Waals surface area contributed by atoms with Gasteiger partial charge in [-0.3, -0.25) is 9.13 Å². The molecule has 0 aliphatic heterocycles. The van der Waals surface area contributed by atoms with E-state index in [2.05, 4.69) is 423 Å². The van der Waals surface area contributed by atoms with Crippen molar-refractivity contribution in [2.75, 3.05) is 0 Å². The van der Waals surface area contributed by atoms with Crippen LogP contribution in [0.2, 0.25) is 0 Å². The summed E-state index contributed by atoms with van der Waals surface area (Å²) in [4.78, 5) is 19.9. The third kappa shape index (κ3) is 12.4. The zero-order valence-electron chi connectivity index (χ0n) is 64.7. The lowest BCUT2D eigenvalue weighted by molar-refractivity contribution is 1.08. The number of rotatable bonds is 11. The van der Waals surface area contributed by atoms with Crippen molar-refractivity contribution in [1.82, 2.24) is 42.8 Å². The quantitative estimate of drug-likeness (QED) is 0.129. The molecule has 0 radical (unpaired) electrons. The molecule has 119 heavy (non-hydrogen) atoms. The Balaban J connectivity index is 0.000000108. The molecule has 0 unspecified atom stereocenters. The normalized spacial score (nSPS) is 11.5. The molecule has 0 saturated carbocycles. The van der Waals surface area contributed by atoms with E-state index in [4.69, 9.17) is 19.9 Å². The van der Waals surface area contributed by atoms with Gasteiger partial charge in [-0.05, 0) is 155 Å². The second-order valence-corrected chi connectivity index (χ2v) is 30.1. The molecule has 0 bridgehead atoms. The van der Waals surface area contributed by atoms with E-state index in [0.29, 0.717) is 0 Å². The van der Waals surface area contributed by atoms with Crippen LogP contribution in [0.15, 0.2) is 443 Å². The number of benzene rings is 16. The van der Waals surface area contributed by atoms with Crippen molar-refractivity contribution >= 4 is 109 Å². The Morgan fingerprint density at radius 1 is 0.151 bits per heavy atom. The van der Waals surface area contributed by atoms with E-state index in [1.165, 1.54) is 115 Å². The zero-order valence-corrected chi connectivity index (χ0v) is 64.7. The molecule has 24 rings (SSSR count). The smallest absolute Gasteiger partial charge is 0.159 e. The molecule has 0 spiro atoms. The Kier molecular flexibility index (Phi) is 17.4. The summed E-state index contributed by atoms with van der Waals surface area (Å²) in [6.07, 6.45) is 3.84. The second kappa shape index (κ2) is 29.7. The summed E-state index contributed by atoms with van der Waals surface area (Å²) in [6.45, 7) is 0. The Morgan fingerprint density at radius 3 is 0.815 bits per heavy atom. The predicted molar refractivity (Wildman–Crippen MR) is 495 cm³/mol. The van der Waals surface area contributed by atoms with Gasteiger partial charge in [-0.25, -0.2) is 19.9 Å². The molecule has 8 aromatic heterocycles. The van der Waals surface area contributed by atoms with Gasteiger partial charge >= 0.3 is 0 Å². The first kappa shape index (κ1) is 69.6. The molecule has 9 heteroatoms. The van der Waals surface area contributed by atoms with Gasteiger partial charge in [0.05, 0.1) is 84.6 Å². The van der Waals surface area contributed by atoms with E-state index in [9.17, 15) is 0 Å². The number of hydrogen-bond acceptors (Lipinski definition) is 4. The van der Waals surface area contributed by atoms with Gasteiger partial charge in [-0.2, -0.15) is 0 Å². The fourth-order valence-corrected chi connectivity index (χ4v) is 17.7. The van der Waals surface area contributed by atoms with Gasteiger partial charge in [0.15, 0.2) is 5.82 Å². The Bertz CT molecular complexity index is 7630. The standard InChI is InChI=1S/C41H27N3.C35H23N3.C34H23N3/c1-2-12-28(13-3-1)30-26-36(42-41(27-30)44-39-20-10-6-16-34(39)35-17-7-11-21-40(35)44)29-22-24-31(25-23-29)43-37-18-8-4-14-32(37)33-15-5-9-19-38(33)43;1-5-15-31-26(10-1)27-11-2-6-16-32(27)37(31)25-22-20-24(21-23-25)30-14-9-19-35(36-30)38-33-17-7-3-12-28(33)29-13-4-8-18-34(29)38;1-4-10-24(11-5-1)27-16-18-32-30(20-27)31-21-28(25-12-6-2-7-13-25)17-19-33(31)37(32)29-22-35-34(36-23-29)26-14-8-3-9-15-26/h1-27H;1-23H;1-23H. The molecular weight excluding hydrogens is 1450 g/mol. The largest absolute Gasteiger partial charge is 0.309 e. The van der Waals surface area contributed by atoms with Gasteiger partial charge in [-0.1, -0.05) is 309 Å². The first-order chi connectivity index (χ1) is 59.0. The van der Waals surface area contributed by atoms with E-state index in [1.807, 2.05) is 42.7 Å². The summed E-state index contributed by atoms with van der Waals surface area (Å²) in [5, 5.41) is 12.4. The Morgan fingerprint density at radius 2 is 0.437 bits per heavy atom. The lowest BCUT2D eigenvalue weighted by Crippen LogP contribution is -2.00. The Labute approximate surface area is 686 Å². The number of aromatic nitrogens is 9. The van der Waals surface area contributed by atoms with Crippen LogP contribution in [0.4, 0.5) is 0 Å². The van der Waals surface area contributed by atoms with Gasteiger partial charge in [0.2, 0.25) is 0 Å². The number of para-hydroxylation sites is 8. The van der Waals surface area contributed by atoms with E-state index in [1.54, 1.807) is 0 Å². The number of pyridine rings is 2. The molecule has 0 atom stereocenters. The summed E-state index contributed by atoms with van der Waals surface area (Å²) in [5.74, 6) is 2.56. The number of fused-ring (bicyclic) bond motifs is 15. The van der Waals surface area contributed by atoms with Crippen LogP contribution in [-0.2, 0) is 0 Å². The van der Waals surface area contributed by atoms with Gasteiger partial charge in [0.25, 0.3) is 0 Å². The van der Waals surface area contributed by atoms with Crippen LogP contribution in [0.5, 0.6) is 0 Å². The summed E-state index contributed by atoms with van der Waals surface area (Å²) >= 11 is 0. The van der Waals surface area contributed by atoms with Gasteiger partial charge in [-0.15, -0.1) is 0 Å². The topological polar surface area (TPSA) is 76.2 Å². The highest BCUT2D eigenvalue weighted by Crippen LogP contribution is 2.42. The average Bonchev–Trinajstić information content (AvgIpc) is 1.61. The van der Waals surface area contributed by atoms with Gasteiger partial charge in [0.1, 0.15) is 11.6 Å². The van der Waals surface area contributed by atoms with Crippen molar-refractivity contribution in [2.45, 2.75) is 0 Å². The molecule has 0 aliphatic rings. The van der Waals surface area contributed by atoms with Gasteiger partial charge in [0, 0.05) is 81.9 Å². The van der Waals surface area contributed by atoms with Crippen LogP contribution in [-0.4, -0.2) is 42.8 Å². The molecular formula is C110H73N9. The van der Waals surface area contributed by atoms with Crippen LogP contribution >= 0.6 is 0 Å². The van der Waals surface area contributed by atoms with E-state index in [0.717, 1.165) is 90.2 Å². The van der Waals surface area contributed by atoms with Crippen molar-refractivity contribution in [3.63, 3.8) is 0 Å². The summed E-state index contributed by atoms with van der Waals surface area (Å²) in [7, 11) is 0. The van der Waals surface area contributed by atoms with Crippen molar-refractivity contribution in [3.8, 4) is 96.0 Å². The van der Waals surface area contributed by atoms with Crippen molar-refractivity contribution in [1.29, 1.82) is 0 Å². The fourth-order valence-electron chi connectivity index (χ4n) is 17.7. The molecule has 0 N–H and O–H groups in total. The maximum Gasteiger partial charge on any atom is 0.159 e. The van der Waals surface area contributed by atoms with Crippen LogP contribution in [0, 0.1) is 0 Å². The second-order valence-electron chi connectivity index (χ2n) is 30.1. The lowest BCUT2D eigenvalue weighted by Gasteiger charge is -2.14. The highest BCUT2D eigenvalue weighted by atomic mass is 15.1. The number of nitrogens with zero attached hydrogens (tertiary/aromatic N) is 9. The molecule has 0 amide bonds. The van der Waals surface area contributed by atoms with Crippen molar-refractivity contribution < 1.29 is 0 Å². The summed E-state index contributed by atoms with van der Waals surface area (Å²) in [5.41, 5.74) is 27.2. The third-order valence-electron chi connectivity index (χ3n) is 23.2. The van der Waals surface area contributed by atoms with Crippen molar-refractivity contribution in [3.05, 3.63) is 443 Å².